The van der Waals surface area contributed by atoms with E-state index in [0.717, 1.165) is 0 Å². The van der Waals surface area contributed by atoms with Gasteiger partial charge in [-0.25, -0.2) is 9.97 Å². The number of thioether (sulfide) groups is 2. The molecule has 51 nitrogen and oxygen atoms in total. The van der Waals surface area contributed by atoms with Gasteiger partial charge < -0.3 is 132 Å². The number of H-pyrrole nitrogens is 3. The molecule has 0 radical (unpaired) electrons. The third kappa shape index (κ3) is 40.7. The van der Waals surface area contributed by atoms with Crippen LogP contribution in [0, 0.1) is 17.2 Å². The van der Waals surface area contributed by atoms with Gasteiger partial charge in [-0.3, -0.25) is 116 Å². The molecule has 0 aliphatic carbocycles. The third-order valence-corrected chi connectivity index (χ3v) is 24.9. The topological polar surface area (TPSA) is 765 Å². The Hall–Kier alpha value is -14.1. The molecule has 2 aromatic carbocycles. The Morgan fingerprint density at radius 1 is 0.472 bits per heavy atom. The van der Waals surface area contributed by atoms with Crippen molar-refractivity contribution in [2.75, 3.05) is 129 Å². The van der Waals surface area contributed by atoms with Crippen molar-refractivity contribution < 1.29 is 112 Å². The molecule has 0 unspecified atom stereocenters. The van der Waals surface area contributed by atoms with Crippen LogP contribution in [0.15, 0.2) is 79.8 Å². The molecule has 2 fully saturated rings. The number of hydrogen-bond donors (Lipinski definition) is 25. The standard InChI is InChI=1S/C91H136N28O23S2/c1-51(2)34-64(84(136)108-61(79(93)131)20-32-143-6)110-85(137)66(37-56-41-96-49-102-56)106-73(123)44-101-89(141)78(52(3)4)114-80(132)53(5)104-83(135)65(36-55-40-99-60-13-9-8-12-59(55)60)111-86(138)67(38-57-42-97-50-103-57)112-87(139)68(39-71(92)121)107-72(122)43-100-81(133)62(14-10-22-98-91(94)95)109-88(140)70-15-11-23-119(70)90(142)69(35-54-16-18-58(120)19-17-54)113-82(134)63(21-33-144-7)105-74(124)45-115-24-26-116(46-75(125)126)28-30-118(48-77(129)130)31-29-117(27-25-115)47-76(127)128/h8-9,12-13,16-19,40-42,49-53,61-70,78,99,120H,10-11,14-15,20-39,43-48H2,1-7H3,(H2,92,121)(H2,93,131)(H,96,102)(H,97,103)(H,100,133)(H,101,141)(H,104,135)(H,105,124)(H,106,123)(H,107,122)(H,108,136)(H,109,140)(H,110,137)(H,111,138)(H,112,139)(H,113,134)(H,114,132)(H,125,126)(H,127,128)(H,129,130)(H4,94,95,98)/t53-,61-,62-,63-,64-,65-,66-,67-,68-,69-,70-,78-/m0/s1. The van der Waals surface area contributed by atoms with E-state index in [2.05, 4.69) is 99.4 Å². The molecule has 5 heterocycles. The number of imidazole rings is 2. The zero-order valence-corrected chi connectivity index (χ0v) is 83.2. The highest BCUT2D eigenvalue weighted by atomic mass is 32.2. The van der Waals surface area contributed by atoms with Crippen LogP contribution in [-0.4, -0.2) is 389 Å². The van der Waals surface area contributed by atoms with Crippen molar-refractivity contribution in [3.63, 3.8) is 0 Å². The molecule has 2 saturated heterocycles. The molecular formula is C91H136N28O23S2. The minimum atomic E-state index is -1.89. The number of nitrogens with one attached hydrogen (secondary N) is 18. The lowest BCUT2D eigenvalue weighted by Crippen LogP contribution is -2.60. The average molecular weight is 2050 g/mol. The molecule has 0 saturated carbocycles. The quantitative estimate of drug-likeness (QED) is 0.00978. The molecule has 0 spiro atoms. The van der Waals surface area contributed by atoms with Crippen molar-refractivity contribution in [1.82, 2.24) is 124 Å². The Kier molecular flexibility index (Phi) is 48.5. The number of guanidine groups is 1. The molecule has 7 rings (SSSR count). The number of benzene rings is 2. The van der Waals surface area contributed by atoms with Crippen LogP contribution in [0.3, 0.4) is 0 Å². The number of rotatable bonds is 58. The molecule has 12 atom stereocenters. The normalized spacial score (nSPS) is 16.3. The zero-order valence-electron chi connectivity index (χ0n) is 81.5. The van der Waals surface area contributed by atoms with Crippen molar-refractivity contribution in [2.24, 2.45) is 29.0 Å². The molecule has 790 valence electrons. The second-order valence-electron chi connectivity index (χ2n) is 35.8. The number of phenolic OH excluding ortho intramolecular Hbond substituents is 1. The van der Waals surface area contributed by atoms with Crippen molar-refractivity contribution >= 4 is 153 Å². The van der Waals surface area contributed by atoms with Crippen LogP contribution in [0.25, 0.3) is 10.9 Å². The monoisotopic (exact) mass is 2050 g/mol. The Bertz CT molecular complexity index is 5160. The Morgan fingerprint density at radius 3 is 1.45 bits per heavy atom. The van der Waals surface area contributed by atoms with Crippen LogP contribution in [0.2, 0.25) is 0 Å². The second-order valence-corrected chi connectivity index (χ2v) is 37.8. The van der Waals surface area contributed by atoms with Gasteiger partial charge in [0.1, 0.15) is 78.3 Å². The summed E-state index contributed by atoms with van der Waals surface area (Å²) in [5, 5.41) is 84.2. The van der Waals surface area contributed by atoms with E-state index in [1.54, 1.807) is 70.2 Å². The number of likely N-dealkylation sites (tertiary alicyclic amines) is 1. The van der Waals surface area contributed by atoms with Crippen molar-refractivity contribution in [2.45, 2.75) is 184 Å². The number of para-hydroxylation sites is 1. The Labute approximate surface area is 839 Å². The van der Waals surface area contributed by atoms with E-state index >= 15 is 4.79 Å². The summed E-state index contributed by atoms with van der Waals surface area (Å²) in [6.45, 7) is 5.58. The average Bonchev–Trinajstić information content (AvgIpc) is 1.67. The fraction of sp³-hybridized carbons (Fsp3) is 0.560. The van der Waals surface area contributed by atoms with E-state index in [9.17, 15) is 107 Å². The fourth-order valence-electron chi connectivity index (χ4n) is 16.0. The number of aliphatic carboxylic acids is 3. The zero-order chi connectivity index (χ0) is 106. The summed E-state index contributed by atoms with van der Waals surface area (Å²) in [6, 6.07) is -4.47. The van der Waals surface area contributed by atoms with E-state index in [4.69, 9.17) is 22.6 Å². The van der Waals surface area contributed by atoms with Crippen LogP contribution in [0.5, 0.6) is 5.75 Å². The predicted octanol–water partition coefficient (Wildman–Crippen LogP) is -6.53. The molecule has 5 aromatic rings. The van der Waals surface area contributed by atoms with Gasteiger partial charge in [0.15, 0.2) is 5.96 Å². The van der Waals surface area contributed by atoms with E-state index < -0.39 is 236 Å². The number of phenols is 1. The molecule has 2 aliphatic heterocycles. The number of aromatic nitrogens is 5. The highest BCUT2D eigenvalue weighted by Gasteiger charge is 2.42. The number of amides is 16. The highest BCUT2D eigenvalue weighted by molar-refractivity contribution is 7.98. The molecule has 0 bridgehead atoms. The summed E-state index contributed by atoms with van der Waals surface area (Å²) < 4.78 is 0. The number of aromatic hydroxyl groups is 1. The number of hydrogen-bond acceptors (Lipinski definition) is 29. The van der Waals surface area contributed by atoms with Gasteiger partial charge in [0, 0.05) is 132 Å². The number of carboxylic acids is 3. The number of nitrogens with zero attached hydrogens (tertiary/aromatic N) is 7. The van der Waals surface area contributed by atoms with Crippen molar-refractivity contribution in [3.05, 3.63) is 102 Å². The first-order valence-electron chi connectivity index (χ1n) is 47.1. The smallest absolute Gasteiger partial charge is 0.317 e. The maximum atomic E-state index is 15.2. The van der Waals surface area contributed by atoms with Crippen molar-refractivity contribution in [3.8, 4) is 5.75 Å². The number of fused-ring (bicyclic) bond motifs is 1. The number of primary amides is 2. The number of nitrogens with two attached hydrogens (primary N) is 3. The highest BCUT2D eigenvalue weighted by Crippen LogP contribution is 2.24. The molecule has 53 heteroatoms. The van der Waals surface area contributed by atoms with Gasteiger partial charge in [-0.05, 0) is 117 Å². The van der Waals surface area contributed by atoms with Gasteiger partial charge in [-0.2, -0.15) is 23.5 Å². The van der Waals surface area contributed by atoms with E-state index in [1.165, 1.54) is 84.7 Å². The predicted molar refractivity (Wildman–Crippen MR) is 527 cm³/mol. The van der Waals surface area contributed by atoms with Crippen molar-refractivity contribution in [1.29, 1.82) is 5.41 Å². The first-order chi connectivity index (χ1) is 68.4. The molecular weight excluding hydrogens is 1920 g/mol. The Balaban J connectivity index is 1.03. The van der Waals surface area contributed by atoms with Crippen LogP contribution in [0.4, 0.5) is 0 Å². The lowest BCUT2D eigenvalue weighted by Gasteiger charge is -2.33. The van der Waals surface area contributed by atoms with E-state index in [1.807, 2.05) is 20.1 Å². The first-order valence-corrected chi connectivity index (χ1v) is 49.9. The maximum absolute atomic E-state index is 15.2. The van der Waals surface area contributed by atoms with Gasteiger partial charge >= 0.3 is 17.9 Å². The summed E-state index contributed by atoms with van der Waals surface area (Å²) in [5.41, 5.74) is 19.0. The largest absolute Gasteiger partial charge is 0.508 e. The maximum Gasteiger partial charge on any atom is 0.317 e. The molecule has 2 aliphatic rings. The van der Waals surface area contributed by atoms with Gasteiger partial charge in [0.2, 0.25) is 94.5 Å². The molecule has 144 heavy (non-hydrogen) atoms. The summed E-state index contributed by atoms with van der Waals surface area (Å²) >= 11 is 2.78. The summed E-state index contributed by atoms with van der Waals surface area (Å²) in [5.74, 6) is -18.4. The number of carbonyl (C=O) groups is 19. The second kappa shape index (κ2) is 59.8. The first kappa shape index (κ1) is 117. The van der Waals surface area contributed by atoms with Gasteiger partial charge in [-0.15, -0.1) is 0 Å². The van der Waals surface area contributed by atoms with E-state index in [-0.39, 0.29) is 160 Å². The summed E-state index contributed by atoms with van der Waals surface area (Å²) in [7, 11) is 0. The number of aromatic amines is 3. The minimum Gasteiger partial charge on any atom is -0.508 e. The number of carboxylic acid groups (broad SMARTS) is 3. The minimum absolute atomic E-state index is 0.00797. The van der Waals surface area contributed by atoms with Gasteiger partial charge in [-0.1, -0.05) is 58.0 Å². The Morgan fingerprint density at radius 2 is 0.938 bits per heavy atom. The van der Waals surface area contributed by atoms with Crippen LogP contribution >= 0.6 is 23.5 Å². The van der Waals surface area contributed by atoms with Gasteiger partial charge in [0.25, 0.3) is 0 Å². The summed E-state index contributed by atoms with van der Waals surface area (Å²) in [4.78, 5) is 287. The van der Waals surface area contributed by atoms with Crippen LogP contribution in [0.1, 0.15) is 109 Å². The fourth-order valence-corrected chi connectivity index (χ4v) is 16.9. The summed E-state index contributed by atoms with van der Waals surface area (Å²) in [6.07, 6.45) is 9.06. The molecule has 3 aromatic heterocycles. The SMILES string of the molecule is CSCC[C@H](NC(=O)[C@H](CC(C)C)NC(=O)[C@H](Cc1cnc[nH]1)NC(=O)CNC(=O)[C@@H](NC(=O)[C@H](C)NC(=O)[C@H](Cc1c[nH]c2ccccc12)NC(=O)[C@H](Cc1cnc[nH]1)NC(=O)[C@H](CC(N)=O)NC(=O)CNC(=O)[C@H](CCCNC(=N)N)NC(=O)[C@@H]1CCCN1C(=O)[C@H](Cc1ccc(O)cc1)NC(=O)[C@H](CCSC)NC(=O)CN1CCN(CC(=O)O)CCN(CC(=O)O)CCN(CC(=O)O)CC1)C(C)C)C(N)=O. The lowest BCUT2D eigenvalue weighted by atomic mass is 10.0. The number of carbonyl (C=O) groups excluding carboxylic acids is 16. The van der Waals surface area contributed by atoms with Crippen LogP contribution in [-0.2, 0) is 117 Å². The third-order valence-electron chi connectivity index (χ3n) is 23.6. The van der Waals surface area contributed by atoms with Crippen LogP contribution < -0.4 is 91.6 Å². The lowest BCUT2D eigenvalue weighted by molar-refractivity contribution is -0.142. The van der Waals surface area contributed by atoms with E-state index in [0.29, 0.717) is 39.2 Å². The molecule has 28 N–H and O–H groups in total. The molecule has 16 amide bonds. The van der Waals surface area contributed by atoms with Gasteiger partial charge in [0.05, 0.1) is 58.3 Å².